The van der Waals surface area contributed by atoms with Gasteiger partial charge < -0.3 is 4.74 Å². The van der Waals surface area contributed by atoms with Gasteiger partial charge in [-0.2, -0.15) is 0 Å². The number of hydrogen-bond acceptors (Lipinski definition) is 2. The molecule has 15 heavy (non-hydrogen) atoms. The van der Waals surface area contributed by atoms with Gasteiger partial charge in [0.1, 0.15) is 0 Å². The predicted octanol–water partition coefficient (Wildman–Crippen LogP) is 2.69. The second-order valence-corrected chi connectivity index (χ2v) is 4.51. The molecule has 0 aromatic carbocycles. The highest BCUT2D eigenvalue weighted by Crippen LogP contribution is 2.30. The number of nitriles is 1. The Morgan fingerprint density at radius 1 is 1.53 bits per heavy atom. The highest BCUT2D eigenvalue weighted by Gasteiger charge is 2.21. The van der Waals surface area contributed by atoms with Crippen molar-refractivity contribution in [2.45, 2.75) is 20.8 Å². The first-order valence-corrected chi connectivity index (χ1v) is 4.78. The molecule has 0 aromatic rings. The maximum absolute atomic E-state index is 8.76. The van der Waals surface area contributed by atoms with Gasteiger partial charge in [-0.3, -0.25) is 0 Å². The molecule has 0 saturated carbocycles. The Hall–Kier alpha value is -1.58. The standard InChI is InChI=1S/C12H14N2O/c1-12(2,3)10-5-9(7-15-8-10)11(6-13)14-4/h5H,7-8H2,1-3H3/b11-9+. The molecule has 1 rings (SSSR count). The summed E-state index contributed by atoms with van der Waals surface area (Å²) >= 11 is 0. The first kappa shape index (κ1) is 11.5. The zero-order chi connectivity index (χ0) is 11.5. The monoisotopic (exact) mass is 202 g/mol. The molecule has 3 nitrogen and oxygen atoms in total. The Kier molecular flexibility index (Phi) is 3.29. The van der Waals surface area contributed by atoms with E-state index in [0.717, 1.165) is 5.57 Å². The van der Waals surface area contributed by atoms with Crippen LogP contribution in [0.4, 0.5) is 0 Å². The molecule has 1 aliphatic heterocycles. The summed E-state index contributed by atoms with van der Waals surface area (Å²) in [5.41, 5.74) is 1.98. The highest BCUT2D eigenvalue weighted by molar-refractivity contribution is 5.42. The van der Waals surface area contributed by atoms with Crippen LogP contribution in [-0.4, -0.2) is 13.2 Å². The molecule has 0 fully saturated rings. The van der Waals surface area contributed by atoms with Gasteiger partial charge in [-0.15, -0.1) is 0 Å². The van der Waals surface area contributed by atoms with Crippen LogP contribution in [0.15, 0.2) is 22.9 Å². The number of nitrogens with zero attached hydrogens (tertiary/aromatic N) is 2. The van der Waals surface area contributed by atoms with Crippen LogP contribution in [0, 0.1) is 23.3 Å². The van der Waals surface area contributed by atoms with E-state index in [-0.39, 0.29) is 11.1 Å². The number of allylic oxidation sites excluding steroid dienone is 1. The quantitative estimate of drug-likeness (QED) is 0.447. The summed E-state index contributed by atoms with van der Waals surface area (Å²) in [5.74, 6) is 0. The normalized spacial score (nSPS) is 19.9. The second kappa shape index (κ2) is 4.29. The Balaban J connectivity index is 3.14. The topological polar surface area (TPSA) is 37.4 Å². The summed E-state index contributed by atoms with van der Waals surface area (Å²) < 4.78 is 5.39. The number of rotatable bonds is 0. The van der Waals surface area contributed by atoms with Gasteiger partial charge in [-0.1, -0.05) is 26.8 Å². The third-order valence-corrected chi connectivity index (χ3v) is 2.35. The van der Waals surface area contributed by atoms with Crippen LogP contribution in [0.2, 0.25) is 0 Å². The summed E-state index contributed by atoms with van der Waals surface area (Å²) in [7, 11) is 0. The average molecular weight is 202 g/mol. The molecule has 0 aliphatic carbocycles. The SMILES string of the molecule is [C-]#[N+]/C(C#N)=C1\C=C(C(C)(C)C)COC1. The van der Waals surface area contributed by atoms with E-state index in [1.165, 1.54) is 0 Å². The molecule has 0 bridgehead atoms. The molecule has 0 radical (unpaired) electrons. The molecule has 78 valence electrons. The van der Waals surface area contributed by atoms with Gasteiger partial charge >= 0.3 is 0 Å². The van der Waals surface area contributed by atoms with E-state index in [9.17, 15) is 0 Å². The van der Waals surface area contributed by atoms with E-state index in [1.54, 1.807) is 0 Å². The van der Waals surface area contributed by atoms with Crippen LogP contribution >= 0.6 is 0 Å². The fourth-order valence-corrected chi connectivity index (χ4v) is 1.30. The maximum Gasteiger partial charge on any atom is 0.267 e. The maximum atomic E-state index is 8.76. The van der Waals surface area contributed by atoms with Crippen LogP contribution in [0.25, 0.3) is 4.85 Å². The molecule has 0 N–H and O–H groups in total. The lowest BCUT2D eigenvalue weighted by Crippen LogP contribution is -2.20. The molecule has 0 spiro atoms. The van der Waals surface area contributed by atoms with Crippen molar-refractivity contribution in [1.29, 1.82) is 5.26 Å². The summed E-state index contributed by atoms with van der Waals surface area (Å²) in [6, 6.07) is 1.89. The molecule has 0 saturated heterocycles. The lowest BCUT2D eigenvalue weighted by molar-refractivity contribution is 0.158. The third-order valence-electron chi connectivity index (χ3n) is 2.35. The number of ether oxygens (including phenoxy) is 1. The summed E-state index contributed by atoms with van der Waals surface area (Å²) in [6.07, 6.45) is 1.93. The van der Waals surface area contributed by atoms with Gasteiger partial charge in [0, 0.05) is 0 Å². The lowest BCUT2D eigenvalue weighted by Gasteiger charge is -2.27. The molecular weight excluding hydrogens is 188 g/mol. The Morgan fingerprint density at radius 3 is 2.67 bits per heavy atom. The minimum absolute atomic E-state index is 0.0221. The minimum Gasteiger partial charge on any atom is -0.374 e. The average Bonchev–Trinajstić information content (AvgIpc) is 2.19. The van der Waals surface area contributed by atoms with E-state index >= 15 is 0 Å². The van der Waals surface area contributed by atoms with Gasteiger partial charge in [0.15, 0.2) is 0 Å². The van der Waals surface area contributed by atoms with Crippen LogP contribution in [0.1, 0.15) is 20.8 Å². The van der Waals surface area contributed by atoms with Crippen molar-refractivity contribution in [2.24, 2.45) is 5.41 Å². The Bertz CT molecular complexity index is 381. The van der Waals surface area contributed by atoms with Gasteiger partial charge in [0.2, 0.25) is 0 Å². The van der Waals surface area contributed by atoms with Crippen molar-refractivity contribution >= 4 is 0 Å². The Morgan fingerprint density at radius 2 is 2.20 bits per heavy atom. The van der Waals surface area contributed by atoms with Gasteiger partial charge in [0.25, 0.3) is 5.70 Å². The zero-order valence-corrected chi connectivity index (χ0v) is 9.29. The lowest BCUT2D eigenvalue weighted by atomic mass is 9.85. The van der Waals surface area contributed by atoms with Crippen LogP contribution in [0.5, 0.6) is 0 Å². The summed E-state index contributed by atoms with van der Waals surface area (Å²) in [5, 5.41) is 8.76. The van der Waals surface area contributed by atoms with E-state index in [1.807, 2.05) is 12.1 Å². The van der Waals surface area contributed by atoms with Gasteiger partial charge in [0.05, 0.1) is 25.9 Å². The summed E-state index contributed by atoms with van der Waals surface area (Å²) in [4.78, 5) is 3.19. The first-order chi connectivity index (χ1) is 6.99. The van der Waals surface area contributed by atoms with Crippen molar-refractivity contribution in [2.75, 3.05) is 13.2 Å². The minimum atomic E-state index is 0.0221. The van der Waals surface area contributed by atoms with Crippen molar-refractivity contribution in [1.82, 2.24) is 0 Å². The molecule has 1 heterocycles. The van der Waals surface area contributed by atoms with Crippen molar-refractivity contribution in [3.63, 3.8) is 0 Å². The van der Waals surface area contributed by atoms with Crippen molar-refractivity contribution < 1.29 is 4.74 Å². The molecule has 0 unspecified atom stereocenters. The fraction of sp³-hybridized carbons (Fsp3) is 0.500. The molecule has 1 aliphatic rings. The summed E-state index contributed by atoms with van der Waals surface area (Å²) in [6.45, 7) is 14.1. The molecule has 3 heteroatoms. The van der Waals surface area contributed by atoms with Crippen LogP contribution in [-0.2, 0) is 4.74 Å². The Labute approximate surface area is 90.5 Å². The molecule has 0 atom stereocenters. The van der Waals surface area contributed by atoms with E-state index in [4.69, 9.17) is 16.6 Å². The van der Waals surface area contributed by atoms with Crippen molar-refractivity contribution in [3.8, 4) is 6.07 Å². The zero-order valence-electron chi connectivity index (χ0n) is 9.29. The van der Waals surface area contributed by atoms with E-state index in [2.05, 4.69) is 25.6 Å². The van der Waals surface area contributed by atoms with Crippen LogP contribution in [0.3, 0.4) is 0 Å². The first-order valence-electron chi connectivity index (χ1n) is 4.78. The highest BCUT2D eigenvalue weighted by atomic mass is 16.5. The third kappa shape index (κ3) is 2.68. The largest absolute Gasteiger partial charge is 0.374 e. The fourth-order valence-electron chi connectivity index (χ4n) is 1.30. The second-order valence-electron chi connectivity index (χ2n) is 4.51. The predicted molar refractivity (Wildman–Crippen MR) is 57.6 cm³/mol. The number of hydrogen-bond donors (Lipinski definition) is 0. The van der Waals surface area contributed by atoms with E-state index < -0.39 is 0 Å². The molecule has 0 amide bonds. The smallest absolute Gasteiger partial charge is 0.267 e. The van der Waals surface area contributed by atoms with Gasteiger partial charge in [-0.25, -0.2) is 10.1 Å². The van der Waals surface area contributed by atoms with Gasteiger partial charge in [-0.05, 0) is 16.6 Å². The van der Waals surface area contributed by atoms with Crippen LogP contribution < -0.4 is 0 Å². The van der Waals surface area contributed by atoms with Crippen molar-refractivity contribution in [3.05, 3.63) is 34.3 Å². The van der Waals surface area contributed by atoms with E-state index in [0.29, 0.717) is 18.8 Å². The molecular formula is C12H14N2O. The molecule has 0 aromatic heterocycles.